The van der Waals surface area contributed by atoms with Crippen LogP contribution in [0.25, 0.3) is 0 Å². The molecule has 0 aliphatic heterocycles. The molecule has 0 amide bonds. The first-order valence-electron chi connectivity index (χ1n) is 4.67. The Hall–Kier alpha value is -0.740. The van der Waals surface area contributed by atoms with Crippen LogP contribution in [0.1, 0.15) is 12.5 Å². The number of hydrogen-bond acceptors (Lipinski definition) is 3. The molecule has 0 aromatic heterocycles. The molecule has 3 nitrogen and oxygen atoms in total. The predicted molar refractivity (Wildman–Crippen MR) is 62.6 cm³/mol. The molecule has 0 bridgehead atoms. The lowest BCUT2D eigenvalue weighted by atomic mass is 10.1. The maximum Gasteiger partial charge on any atom is 0.164 e. The molecule has 1 N–H and O–H groups in total. The van der Waals surface area contributed by atoms with Gasteiger partial charge in [0.1, 0.15) is 0 Å². The van der Waals surface area contributed by atoms with Crippen LogP contribution in [0.15, 0.2) is 16.6 Å². The van der Waals surface area contributed by atoms with Gasteiger partial charge in [0.15, 0.2) is 11.5 Å². The molecule has 0 unspecified atom stereocenters. The summed E-state index contributed by atoms with van der Waals surface area (Å²) in [5.41, 5.74) is 0.929. The zero-order valence-corrected chi connectivity index (χ0v) is 10.7. The van der Waals surface area contributed by atoms with Gasteiger partial charge in [-0.2, -0.15) is 0 Å². The largest absolute Gasteiger partial charge is 0.493 e. The smallest absolute Gasteiger partial charge is 0.164 e. The normalized spacial score (nSPS) is 12.3. The second kappa shape index (κ2) is 5.37. The Morgan fingerprint density at radius 3 is 2.47 bits per heavy atom. The number of ether oxygens (including phenoxy) is 2. The third-order valence-electron chi connectivity index (χ3n) is 2.04. The average molecular weight is 275 g/mol. The maximum absolute atomic E-state index is 9.37. The summed E-state index contributed by atoms with van der Waals surface area (Å²) >= 11 is 3.39. The molecule has 4 heteroatoms. The van der Waals surface area contributed by atoms with Crippen LogP contribution >= 0.6 is 15.9 Å². The zero-order valence-electron chi connectivity index (χ0n) is 9.08. The second-order valence-corrected chi connectivity index (χ2v) is 4.27. The highest BCUT2D eigenvalue weighted by molar-refractivity contribution is 9.10. The first-order valence-corrected chi connectivity index (χ1v) is 5.46. The summed E-state index contributed by atoms with van der Waals surface area (Å²) in [6, 6.07) is 3.76. The number of hydrogen-bond donors (Lipinski definition) is 1. The molecule has 1 aromatic rings. The van der Waals surface area contributed by atoms with Gasteiger partial charge in [0.25, 0.3) is 0 Å². The molecular weight excluding hydrogens is 260 g/mol. The van der Waals surface area contributed by atoms with Crippen molar-refractivity contribution < 1.29 is 14.6 Å². The van der Waals surface area contributed by atoms with Crippen molar-refractivity contribution in [2.24, 2.45) is 0 Å². The van der Waals surface area contributed by atoms with Crippen LogP contribution in [-0.2, 0) is 6.42 Å². The molecule has 84 valence electrons. The Morgan fingerprint density at radius 2 is 2.00 bits per heavy atom. The number of halogens is 1. The van der Waals surface area contributed by atoms with Crippen LogP contribution in [0.4, 0.5) is 0 Å². The summed E-state index contributed by atoms with van der Waals surface area (Å²) in [4.78, 5) is 0. The standard InChI is InChI=1S/C11H15BrO3/c1-7(13)4-8-5-9(12)6-10(14-2)11(8)15-3/h5-7,13H,4H2,1-3H3/t7-/m1/s1. The number of aliphatic hydroxyl groups excluding tert-OH is 1. The van der Waals surface area contributed by atoms with Gasteiger partial charge in [-0.1, -0.05) is 15.9 Å². The minimum Gasteiger partial charge on any atom is -0.493 e. The van der Waals surface area contributed by atoms with E-state index in [1.165, 1.54) is 0 Å². The van der Waals surface area contributed by atoms with Crippen LogP contribution in [0, 0.1) is 0 Å². The highest BCUT2D eigenvalue weighted by Gasteiger charge is 2.13. The van der Waals surface area contributed by atoms with Gasteiger partial charge in [0, 0.05) is 16.5 Å². The highest BCUT2D eigenvalue weighted by atomic mass is 79.9. The molecular formula is C11H15BrO3. The summed E-state index contributed by atoms with van der Waals surface area (Å²) in [6.45, 7) is 1.74. The topological polar surface area (TPSA) is 38.7 Å². The van der Waals surface area contributed by atoms with E-state index in [0.29, 0.717) is 17.9 Å². The van der Waals surface area contributed by atoms with Crippen LogP contribution in [0.5, 0.6) is 11.5 Å². The van der Waals surface area contributed by atoms with Gasteiger partial charge in [0.2, 0.25) is 0 Å². The van der Waals surface area contributed by atoms with E-state index in [1.807, 2.05) is 12.1 Å². The van der Waals surface area contributed by atoms with Gasteiger partial charge >= 0.3 is 0 Å². The highest BCUT2D eigenvalue weighted by Crippen LogP contribution is 2.35. The third kappa shape index (κ3) is 3.11. The quantitative estimate of drug-likeness (QED) is 0.917. The molecule has 0 saturated carbocycles. The number of benzene rings is 1. The molecule has 1 atom stereocenters. The molecule has 0 fully saturated rings. The Labute approximate surface area is 98.1 Å². The van der Waals surface area contributed by atoms with E-state index in [-0.39, 0.29) is 0 Å². The molecule has 0 aliphatic carbocycles. The second-order valence-electron chi connectivity index (χ2n) is 3.35. The van der Waals surface area contributed by atoms with Gasteiger partial charge in [-0.25, -0.2) is 0 Å². The monoisotopic (exact) mass is 274 g/mol. The van der Waals surface area contributed by atoms with Crippen LogP contribution in [0.2, 0.25) is 0 Å². The first-order chi connectivity index (χ1) is 7.08. The van der Waals surface area contributed by atoms with Crippen molar-refractivity contribution in [1.29, 1.82) is 0 Å². The number of aliphatic hydroxyl groups is 1. The molecule has 0 spiro atoms. The average Bonchev–Trinajstić information content (AvgIpc) is 2.15. The molecule has 0 radical (unpaired) electrons. The fourth-order valence-corrected chi connectivity index (χ4v) is 1.96. The fraction of sp³-hybridized carbons (Fsp3) is 0.455. The van der Waals surface area contributed by atoms with Gasteiger partial charge < -0.3 is 14.6 Å². The van der Waals surface area contributed by atoms with Crippen molar-refractivity contribution in [2.75, 3.05) is 14.2 Å². The molecule has 0 saturated heterocycles. The Balaban J connectivity index is 3.16. The minimum absolute atomic E-state index is 0.405. The Kier molecular flexibility index (Phi) is 4.42. The van der Waals surface area contributed by atoms with Gasteiger partial charge in [-0.3, -0.25) is 0 Å². The van der Waals surface area contributed by atoms with Crippen LogP contribution in [-0.4, -0.2) is 25.4 Å². The molecule has 1 aromatic carbocycles. The molecule has 0 heterocycles. The van der Waals surface area contributed by atoms with Gasteiger partial charge in [-0.15, -0.1) is 0 Å². The molecule has 15 heavy (non-hydrogen) atoms. The van der Waals surface area contributed by atoms with Crippen LogP contribution in [0.3, 0.4) is 0 Å². The van der Waals surface area contributed by atoms with E-state index in [1.54, 1.807) is 21.1 Å². The van der Waals surface area contributed by atoms with E-state index in [9.17, 15) is 5.11 Å². The lowest BCUT2D eigenvalue weighted by Gasteiger charge is -2.14. The molecule has 0 aliphatic rings. The summed E-state index contributed by atoms with van der Waals surface area (Å²) in [5.74, 6) is 1.35. The summed E-state index contributed by atoms with van der Waals surface area (Å²) < 4.78 is 11.4. The van der Waals surface area contributed by atoms with Crippen molar-refractivity contribution >= 4 is 15.9 Å². The van der Waals surface area contributed by atoms with E-state index in [0.717, 1.165) is 10.0 Å². The lowest BCUT2D eigenvalue weighted by Crippen LogP contribution is -2.06. The number of methoxy groups -OCH3 is 2. The van der Waals surface area contributed by atoms with E-state index < -0.39 is 6.10 Å². The van der Waals surface area contributed by atoms with Gasteiger partial charge in [-0.05, 0) is 19.1 Å². The van der Waals surface area contributed by atoms with E-state index in [2.05, 4.69) is 15.9 Å². The van der Waals surface area contributed by atoms with Crippen molar-refractivity contribution in [3.05, 3.63) is 22.2 Å². The van der Waals surface area contributed by atoms with Crippen LogP contribution < -0.4 is 9.47 Å². The fourth-order valence-electron chi connectivity index (χ4n) is 1.48. The van der Waals surface area contributed by atoms with Crippen molar-refractivity contribution in [2.45, 2.75) is 19.4 Å². The van der Waals surface area contributed by atoms with E-state index in [4.69, 9.17) is 9.47 Å². The van der Waals surface area contributed by atoms with Crippen molar-refractivity contribution in [3.8, 4) is 11.5 Å². The summed E-state index contributed by atoms with van der Waals surface area (Å²) in [6.07, 6.45) is 0.136. The van der Waals surface area contributed by atoms with Crippen molar-refractivity contribution in [3.63, 3.8) is 0 Å². The third-order valence-corrected chi connectivity index (χ3v) is 2.49. The summed E-state index contributed by atoms with van der Waals surface area (Å²) in [7, 11) is 3.19. The minimum atomic E-state index is -0.405. The predicted octanol–water partition coefficient (Wildman–Crippen LogP) is 2.39. The SMILES string of the molecule is COc1cc(Br)cc(C[C@@H](C)O)c1OC. The Morgan fingerprint density at radius 1 is 1.33 bits per heavy atom. The first kappa shape index (κ1) is 12.3. The zero-order chi connectivity index (χ0) is 11.4. The molecule has 1 rings (SSSR count). The Bertz CT molecular complexity index is 337. The van der Waals surface area contributed by atoms with Crippen molar-refractivity contribution in [1.82, 2.24) is 0 Å². The lowest BCUT2D eigenvalue weighted by molar-refractivity contribution is 0.194. The maximum atomic E-state index is 9.37. The van der Waals surface area contributed by atoms with Gasteiger partial charge in [0.05, 0.1) is 20.3 Å². The summed E-state index contributed by atoms with van der Waals surface area (Å²) in [5, 5.41) is 9.37. The number of rotatable bonds is 4. The van der Waals surface area contributed by atoms with E-state index >= 15 is 0 Å².